The molecule has 4 heteroatoms. The Labute approximate surface area is 131 Å². The van der Waals surface area contributed by atoms with Crippen molar-refractivity contribution in [2.24, 2.45) is 0 Å². The third-order valence-corrected chi connectivity index (χ3v) is 1.84. The van der Waals surface area contributed by atoms with Crippen LogP contribution in [-0.4, -0.2) is 15.3 Å². The van der Waals surface area contributed by atoms with Crippen LogP contribution < -0.4 is 0 Å². The van der Waals surface area contributed by atoms with Crippen molar-refractivity contribution in [1.29, 1.82) is 5.26 Å². The van der Waals surface area contributed by atoms with E-state index in [4.69, 9.17) is 20.6 Å². The van der Waals surface area contributed by atoms with Crippen LogP contribution in [0.2, 0.25) is 0 Å². The van der Waals surface area contributed by atoms with Gasteiger partial charge in [0.15, 0.2) is 0 Å². The highest BCUT2D eigenvalue weighted by Crippen LogP contribution is 2.03. The summed E-state index contributed by atoms with van der Waals surface area (Å²) in [5.74, 6) is 0.644. The minimum absolute atomic E-state index is 0.322. The number of aliphatic hydroxyl groups is 1. The van der Waals surface area contributed by atoms with Crippen LogP contribution in [0, 0.1) is 11.5 Å². The number of para-hydroxylation sites is 2. The highest BCUT2D eigenvalue weighted by atomic mass is 16.3. The van der Waals surface area contributed by atoms with Crippen LogP contribution in [0.15, 0.2) is 85.5 Å². The lowest BCUT2D eigenvalue weighted by Gasteiger charge is -1.82. The van der Waals surface area contributed by atoms with E-state index in [1.807, 2.05) is 31.2 Å². The van der Waals surface area contributed by atoms with E-state index >= 15 is 0 Å². The number of aliphatic hydroxyl groups excluding tert-OH is 1. The molecule has 0 amide bonds. The van der Waals surface area contributed by atoms with Crippen molar-refractivity contribution in [3.63, 3.8) is 0 Å². The van der Waals surface area contributed by atoms with Crippen molar-refractivity contribution in [3.05, 3.63) is 85.5 Å². The third-order valence-electron chi connectivity index (χ3n) is 1.84. The predicted molar refractivity (Wildman–Crippen MR) is 88.8 cm³/mol. The van der Waals surface area contributed by atoms with Crippen molar-refractivity contribution in [3.8, 4) is 17.8 Å². The molecule has 0 saturated heterocycles. The summed E-state index contributed by atoms with van der Waals surface area (Å²) in [7, 11) is 0. The van der Waals surface area contributed by atoms with Gasteiger partial charge in [0.25, 0.3) is 6.26 Å². The summed E-state index contributed by atoms with van der Waals surface area (Å²) in [6.07, 6.45) is 6.33. The first-order valence-corrected chi connectivity index (χ1v) is 6.37. The average Bonchev–Trinajstić information content (AvgIpc) is 2.52. The van der Waals surface area contributed by atoms with Gasteiger partial charge in [0, 0.05) is 0 Å². The minimum atomic E-state index is 0.322. The molecule has 0 aliphatic rings. The summed E-state index contributed by atoms with van der Waals surface area (Å²) in [4.78, 5) is 0. The zero-order valence-corrected chi connectivity index (χ0v) is 12.5. The van der Waals surface area contributed by atoms with Crippen molar-refractivity contribution in [1.82, 2.24) is 0 Å². The molecule has 2 rings (SSSR count). The first-order chi connectivity index (χ1) is 10.6. The monoisotopic (exact) mass is 299 g/mol. The molecular formula is C18H21NO3. The van der Waals surface area contributed by atoms with E-state index in [9.17, 15) is 0 Å². The molecule has 0 aromatic heterocycles. The number of nitrogens with zero attached hydrogens (tertiary/aromatic N) is 1. The molecule has 0 saturated carbocycles. The maximum absolute atomic E-state index is 8.63. The highest BCUT2D eigenvalue weighted by Gasteiger charge is 1.75. The molecule has 0 aliphatic heterocycles. The number of phenols is 2. The Hall–Kier alpha value is -3.19. The molecule has 0 bridgehead atoms. The number of rotatable bonds is 1. The molecule has 116 valence electrons. The van der Waals surface area contributed by atoms with Gasteiger partial charge >= 0.3 is 0 Å². The molecule has 0 atom stereocenters. The van der Waals surface area contributed by atoms with Gasteiger partial charge in [-0.05, 0) is 31.2 Å². The van der Waals surface area contributed by atoms with Crippen LogP contribution in [-0.2, 0) is 0 Å². The second-order valence-corrected chi connectivity index (χ2v) is 3.53. The maximum Gasteiger partial charge on any atom is 0.283 e. The number of hydrogen-bond donors (Lipinski definition) is 3. The van der Waals surface area contributed by atoms with Gasteiger partial charge in [-0.15, -0.1) is 0 Å². The summed E-state index contributed by atoms with van der Waals surface area (Å²) in [5.41, 5.74) is 0. The van der Waals surface area contributed by atoms with Gasteiger partial charge in [0.05, 0.1) is 0 Å². The lowest BCUT2D eigenvalue weighted by Crippen LogP contribution is -1.56. The molecule has 0 aliphatic carbocycles. The van der Waals surface area contributed by atoms with E-state index in [1.54, 1.807) is 54.6 Å². The molecule has 0 unspecified atom stereocenters. The van der Waals surface area contributed by atoms with Gasteiger partial charge in [-0.25, -0.2) is 0 Å². The Bertz CT molecular complexity index is 494. The Morgan fingerprint density at radius 3 is 1.32 bits per heavy atom. The van der Waals surface area contributed by atoms with Gasteiger partial charge in [0.2, 0.25) is 0 Å². The average molecular weight is 299 g/mol. The largest absolute Gasteiger partial charge is 0.508 e. The summed E-state index contributed by atoms with van der Waals surface area (Å²) < 4.78 is 0. The van der Waals surface area contributed by atoms with Crippen LogP contribution in [0.5, 0.6) is 11.5 Å². The first-order valence-electron chi connectivity index (χ1n) is 6.37. The van der Waals surface area contributed by atoms with Crippen LogP contribution in [0.1, 0.15) is 6.92 Å². The molecule has 3 N–H and O–H groups in total. The summed E-state index contributed by atoms with van der Waals surface area (Å²) >= 11 is 0. The summed E-state index contributed by atoms with van der Waals surface area (Å²) in [5, 5.41) is 31.0. The van der Waals surface area contributed by atoms with Crippen molar-refractivity contribution in [2.75, 3.05) is 0 Å². The highest BCUT2D eigenvalue weighted by molar-refractivity contribution is 5.19. The number of benzene rings is 2. The van der Waals surface area contributed by atoms with Crippen molar-refractivity contribution >= 4 is 0 Å². The number of hydrogen-bond acceptors (Lipinski definition) is 4. The molecule has 22 heavy (non-hydrogen) atoms. The van der Waals surface area contributed by atoms with E-state index < -0.39 is 0 Å². The second kappa shape index (κ2) is 17.8. The fourth-order valence-electron chi connectivity index (χ4n) is 0.992. The van der Waals surface area contributed by atoms with E-state index in [0.29, 0.717) is 11.5 Å². The summed E-state index contributed by atoms with van der Waals surface area (Å²) in [6.45, 7) is 5.42. The Morgan fingerprint density at radius 1 is 0.909 bits per heavy atom. The normalized spacial score (nSPS) is 7.82. The Morgan fingerprint density at radius 2 is 1.23 bits per heavy atom. The molecule has 2 aromatic carbocycles. The smallest absolute Gasteiger partial charge is 0.283 e. The third kappa shape index (κ3) is 19.2. The SMILES string of the molecule is C=CC=CC.N#CO.Oc1ccccc1.Oc1ccccc1. The van der Waals surface area contributed by atoms with E-state index in [1.165, 1.54) is 0 Å². The zero-order chi connectivity index (χ0) is 17.1. The fraction of sp³-hybridized carbons (Fsp3) is 0.0556. The van der Waals surface area contributed by atoms with Gasteiger partial charge in [-0.2, -0.15) is 5.26 Å². The number of allylic oxidation sites excluding steroid dienone is 3. The Kier molecular flexibility index (Phi) is 17.1. The molecule has 2 aromatic rings. The number of nitriles is 1. The van der Waals surface area contributed by atoms with E-state index in [-0.39, 0.29) is 0 Å². The number of phenolic OH excluding ortho intramolecular Hbond substituents is 2. The Balaban J connectivity index is 0. The molecule has 0 spiro atoms. The van der Waals surface area contributed by atoms with Crippen molar-refractivity contribution < 1.29 is 15.3 Å². The lowest BCUT2D eigenvalue weighted by molar-refractivity contribution is 0.475. The van der Waals surface area contributed by atoms with Gasteiger partial charge in [-0.1, -0.05) is 61.2 Å². The van der Waals surface area contributed by atoms with Gasteiger partial charge in [-0.3, -0.25) is 0 Å². The zero-order valence-electron chi connectivity index (χ0n) is 12.5. The topological polar surface area (TPSA) is 84.5 Å². The molecule has 0 radical (unpaired) electrons. The molecule has 0 heterocycles. The van der Waals surface area contributed by atoms with Gasteiger partial charge < -0.3 is 15.3 Å². The molecular weight excluding hydrogens is 278 g/mol. The maximum atomic E-state index is 8.63. The summed E-state index contributed by atoms with van der Waals surface area (Å²) in [6, 6.07) is 17.4. The van der Waals surface area contributed by atoms with E-state index in [0.717, 1.165) is 6.26 Å². The van der Waals surface area contributed by atoms with Gasteiger partial charge in [0.1, 0.15) is 11.5 Å². The van der Waals surface area contributed by atoms with Crippen LogP contribution in [0.4, 0.5) is 0 Å². The quantitative estimate of drug-likeness (QED) is 0.539. The standard InChI is InChI=1S/2C6H6O.C5H8.CHNO/c2*7-6-4-2-1-3-5-6;1-3-5-4-2;2-1-3/h2*1-5,7H;3-5H,1H2,2H3;3H. The fourth-order valence-corrected chi connectivity index (χ4v) is 0.992. The molecule has 0 fully saturated rings. The van der Waals surface area contributed by atoms with E-state index in [2.05, 4.69) is 6.58 Å². The molecule has 4 nitrogen and oxygen atoms in total. The van der Waals surface area contributed by atoms with Crippen molar-refractivity contribution in [2.45, 2.75) is 6.92 Å². The van der Waals surface area contributed by atoms with Crippen LogP contribution in [0.25, 0.3) is 0 Å². The first kappa shape index (κ1) is 21.1. The second-order valence-electron chi connectivity index (χ2n) is 3.53. The number of aromatic hydroxyl groups is 2. The predicted octanol–water partition coefficient (Wildman–Crippen LogP) is 4.37. The minimum Gasteiger partial charge on any atom is -0.508 e. The van der Waals surface area contributed by atoms with Crippen LogP contribution in [0.3, 0.4) is 0 Å². The lowest BCUT2D eigenvalue weighted by atomic mass is 10.3. The van der Waals surface area contributed by atoms with Crippen LogP contribution >= 0.6 is 0 Å².